The fourth-order valence-corrected chi connectivity index (χ4v) is 1.53. The predicted octanol–water partition coefficient (Wildman–Crippen LogP) is 3.44. The minimum absolute atomic E-state index is 0.400. The molecule has 0 atom stereocenters. The highest BCUT2D eigenvalue weighted by molar-refractivity contribution is 5.86. The average molecular weight is 242 g/mol. The van der Waals surface area contributed by atoms with Crippen LogP contribution in [0, 0.1) is 6.92 Å². The van der Waals surface area contributed by atoms with Gasteiger partial charge in [0.2, 0.25) is 0 Å². The molecule has 92 valence electrons. The summed E-state index contributed by atoms with van der Waals surface area (Å²) in [7, 11) is 1.34. The van der Waals surface area contributed by atoms with E-state index in [9.17, 15) is 4.79 Å². The summed E-state index contributed by atoms with van der Waals surface area (Å²) < 4.78 is 10.1. The van der Waals surface area contributed by atoms with Crippen molar-refractivity contribution in [2.24, 2.45) is 0 Å². The Hall–Kier alpha value is -2.29. The number of furan rings is 1. The minimum Gasteiger partial charge on any atom is -0.466 e. The largest absolute Gasteiger partial charge is 0.466 e. The predicted molar refractivity (Wildman–Crippen MR) is 69.9 cm³/mol. The average Bonchev–Trinajstić information content (AvgIpc) is 2.85. The molecule has 0 fully saturated rings. The number of hydrogen-bond acceptors (Lipinski definition) is 3. The molecule has 0 unspecified atom stereocenters. The first-order chi connectivity index (χ1) is 8.69. The van der Waals surface area contributed by atoms with Crippen LogP contribution >= 0.6 is 0 Å². The van der Waals surface area contributed by atoms with E-state index in [2.05, 4.69) is 4.74 Å². The van der Waals surface area contributed by atoms with Gasteiger partial charge in [0.25, 0.3) is 0 Å². The van der Waals surface area contributed by atoms with Crippen molar-refractivity contribution in [3.8, 4) is 11.3 Å². The van der Waals surface area contributed by atoms with Crippen molar-refractivity contribution in [3.63, 3.8) is 0 Å². The third-order valence-electron chi connectivity index (χ3n) is 2.55. The van der Waals surface area contributed by atoms with Gasteiger partial charge in [0.1, 0.15) is 11.5 Å². The topological polar surface area (TPSA) is 39.4 Å². The number of esters is 1. The summed E-state index contributed by atoms with van der Waals surface area (Å²) >= 11 is 0. The lowest BCUT2D eigenvalue weighted by molar-refractivity contribution is -0.134. The molecule has 0 saturated heterocycles. The van der Waals surface area contributed by atoms with E-state index in [0.717, 1.165) is 11.3 Å². The maximum atomic E-state index is 10.9. The molecule has 2 rings (SSSR count). The normalized spacial score (nSPS) is 10.8. The summed E-state index contributed by atoms with van der Waals surface area (Å²) in [5.74, 6) is 0.999. The van der Waals surface area contributed by atoms with Gasteiger partial charge in [-0.25, -0.2) is 4.79 Å². The van der Waals surface area contributed by atoms with Crippen LogP contribution in [0.3, 0.4) is 0 Å². The van der Waals surface area contributed by atoms with Crippen molar-refractivity contribution in [2.75, 3.05) is 7.11 Å². The Kier molecular flexibility index (Phi) is 3.63. The molecule has 3 nitrogen and oxygen atoms in total. The zero-order valence-corrected chi connectivity index (χ0v) is 10.3. The van der Waals surface area contributed by atoms with Gasteiger partial charge in [-0.3, -0.25) is 0 Å². The number of methoxy groups -OCH3 is 1. The lowest BCUT2D eigenvalue weighted by Gasteiger charge is -1.97. The molecule has 1 aromatic heterocycles. The van der Waals surface area contributed by atoms with E-state index >= 15 is 0 Å². The molecule has 0 aliphatic rings. The highest BCUT2D eigenvalue weighted by Crippen LogP contribution is 2.23. The Morgan fingerprint density at radius 2 is 1.89 bits per heavy atom. The highest BCUT2D eigenvalue weighted by atomic mass is 16.5. The Labute approximate surface area is 106 Å². The molecule has 3 heteroatoms. The summed E-state index contributed by atoms with van der Waals surface area (Å²) in [4.78, 5) is 10.9. The number of hydrogen-bond donors (Lipinski definition) is 0. The first-order valence-electron chi connectivity index (χ1n) is 5.62. The van der Waals surface area contributed by atoms with Crippen LogP contribution in [-0.2, 0) is 9.53 Å². The second-order valence-electron chi connectivity index (χ2n) is 3.92. The lowest BCUT2D eigenvalue weighted by Crippen LogP contribution is -1.92. The second-order valence-corrected chi connectivity index (χ2v) is 3.92. The number of carbonyl (C=O) groups excluding carboxylic acids is 1. The summed E-state index contributed by atoms with van der Waals surface area (Å²) in [6.45, 7) is 2.04. The Morgan fingerprint density at radius 3 is 2.56 bits per heavy atom. The van der Waals surface area contributed by atoms with Gasteiger partial charge in [-0.05, 0) is 25.1 Å². The van der Waals surface area contributed by atoms with Crippen LogP contribution in [-0.4, -0.2) is 13.1 Å². The number of benzene rings is 1. The Balaban J connectivity index is 2.18. The van der Waals surface area contributed by atoms with E-state index in [-0.39, 0.29) is 0 Å². The number of rotatable bonds is 3. The fourth-order valence-electron chi connectivity index (χ4n) is 1.53. The van der Waals surface area contributed by atoms with Gasteiger partial charge in [-0.2, -0.15) is 0 Å². The molecule has 0 spiro atoms. The van der Waals surface area contributed by atoms with Gasteiger partial charge in [0, 0.05) is 11.6 Å². The third-order valence-corrected chi connectivity index (χ3v) is 2.55. The molecule has 0 N–H and O–H groups in total. The first-order valence-corrected chi connectivity index (χ1v) is 5.62. The van der Waals surface area contributed by atoms with Crippen LogP contribution in [0.15, 0.2) is 46.9 Å². The van der Waals surface area contributed by atoms with E-state index < -0.39 is 5.97 Å². The van der Waals surface area contributed by atoms with Gasteiger partial charge >= 0.3 is 5.97 Å². The molecule has 0 amide bonds. The number of aryl methyl sites for hydroxylation is 1. The molecular weight excluding hydrogens is 228 g/mol. The van der Waals surface area contributed by atoms with E-state index in [1.54, 1.807) is 6.08 Å². The zero-order valence-electron chi connectivity index (χ0n) is 10.3. The van der Waals surface area contributed by atoms with Gasteiger partial charge < -0.3 is 9.15 Å². The van der Waals surface area contributed by atoms with Gasteiger partial charge in [0.05, 0.1) is 7.11 Å². The first kappa shape index (κ1) is 12.2. The minimum atomic E-state index is -0.400. The van der Waals surface area contributed by atoms with Crippen LogP contribution < -0.4 is 0 Å². The molecule has 0 aliphatic heterocycles. The summed E-state index contributed by atoms with van der Waals surface area (Å²) in [5.41, 5.74) is 2.22. The summed E-state index contributed by atoms with van der Waals surface area (Å²) in [5, 5.41) is 0. The highest BCUT2D eigenvalue weighted by Gasteiger charge is 2.03. The third kappa shape index (κ3) is 2.88. The van der Waals surface area contributed by atoms with E-state index in [4.69, 9.17) is 4.42 Å². The summed E-state index contributed by atoms with van der Waals surface area (Å²) in [6.07, 6.45) is 2.92. The van der Waals surface area contributed by atoms with Crippen molar-refractivity contribution in [3.05, 3.63) is 53.8 Å². The maximum absolute atomic E-state index is 10.9. The zero-order chi connectivity index (χ0) is 13.0. The van der Waals surface area contributed by atoms with Crippen molar-refractivity contribution in [2.45, 2.75) is 6.92 Å². The van der Waals surface area contributed by atoms with E-state index in [1.165, 1.54) is 18.7 Å². The fraction of sp³-hybridized carbons (Fsp3) is 0.133. The van der Waals surface area contributed by atoms with Crippen LogP contribution in [0.5, 0.6) is 0 Å². The molecular formula is C15H14O3. The molecule has 0 saturated carbocycles. The molecule has 2 aromatic rings. The Bertz CT molecular complexity index is 562. The van der Waals surface area contributed by atoms with Gasteiger partial charge in [-0.15, -0.1) is 0 Å². The van der Waals surface area contributed by atoms with Crippen LogP contribution in [0.25, 0.3) is 17.4 Å². The van der Waals surface area contributed by atoms with Crippen molar-refractivity contribution >= 4 is 12.0 Å². The van der Waals surface area contributed by atoms with Crippen molar-refractivity contribution in [1.29, 1.82) is 0 Å². The smallest absolute Gasteiger partial charge is 0.330 e. The van der Waals surface area contributed by atoms with Gasteiger partial charge in [-0.1, -0.05) is 29.8 Å². The van der Waals surface area contributed by atoms with Gasteiger partial charge in [0.15, 0.2) is 0 Å². The monoisotopic (exact) mass is 242 g/mol. The quantitative estimate of drug-likeness (QED) is 0.611. The van der Waals surface area contributed by atoms with Crippen LogP contribution in [0.1, 0.15) is 11.3 Å². The number of carbonyl (C=O) groups is 1. The molecule has 0 bridgehead atoms. The molecule has 1 heterocycles. The maximum Gasteiger partial charge on any atom is 0.330 e. The standard InChI is InChI=1S/C15H14O3/c1-11-3-5-12(6-4-11)14-9-7-13(18-14)8-10-15(16)17-2/h3-10H,1-2H3. The Morgan fingerprint density at radius 1 is 1.17 bits per heavy atom. The van der Waals surface area contributed by atoms with Crippen LogP contribution in [0.2, 0.25) is 0 Å². The molecule has 0 aliphatic carbocycles. The second kappa shape index (κ2) is 5.36. The van der Waals surface area contributed by atoms with E-state index in [0.29, 0.717) is 5.76 Å². The summed E-state index contributed by atoms with van der Waals surface area (Å²) in [6, 6.07) is 11.8. The molecule has 0 radical (unpaired) electrons. The van der Waals surface area contributed by atoms with Crippen molar-refractivity contribution in [1.82, 2.24) is 0 Å². The van der Waals surface area contributed by atoms with Crippen molar-refractivity contribution < 1.29 is 13.9 Å². The molecule has 18 heavy (non-hydrogen) atoms. The SMILES string of the molecule is COC(=O)C=Cc1ccc(-c2ccc(C)cc2)o1. The van der Waals surface area contributed by atoms with Crippen LogP contribution in [0.4, 0.5) is 0 Å². The molecule has 1 aromatic carbocycles. The number of ether oxygens (including phenoxy) is 1. The lowest BCUT2D eigenvalue weighted by atomic mass is 10.1. The van der Waals surface area contributed by atoms with E-state index in [1.807, 2.05) is 43.3 Å².